The van der Waals surface area contributed by atoms with Crippen molar-refractivity contribution in [1.82, 2.24) is 0 Å². The van der Waals surface area contributed by atoms with E-state index in [-0.39, 0.29) is 31.7 Å². The first-order chi connectivity index (χ1) is 17.8. The maximum Gasteiger partial charge on any atom is 0.302 e. The van der Waals surface area contributed by atoms with Gasteiger partial charge in [0.05, 0.1) is 36.8 Å². The quantitative estimate of drug-likeness (QED) is 0.403. The van der Waals surface area contributed by atoms with Crippen LogP contribution in [0.5, 0.6) is 0 Å². The van der Waals surface area contributed by atoms with E-state index < -0.39 is 87.8 Å². The van der Waals surface area contributed by atoms with Gasteiger partial charge in [-0.2, -0.15) is 0 Å². The Bertz CT molecular complexity index is 1180. The first-order valence-corrected chi connectivity index (χ1v) is 13.4. The molecule has 4 saturated carbocycles. The maximum atomic E-state index is 14.4. The smallest absolute Gasteiger partial charge is 0.302 e. The molecule has 5 aliphatic rings. The van der Waals surface area contributed by atoms with Gasteiger partial charge in [-0.15, -0.1) is 0 Å². The van der Waals surface area contributed by atoms with Gasteiger partial charge in [-0.05, 0) is 24.0 Å². The van der Waals surface area contributed by atoms with Crippen molar-refractivity contribution in [1.29, 1.82) is 0 Å². The van der Waals surface area contributed by atoms with E-state index in [2.05, 4.69) is 0 Å². The predicted octanol–water partition coefficient (Wildman–Crippen LogP) is 0.943. The molecule has 1 saturated heterocycles. The lowest BCUT2D eigenvalue weighted by Gasteiger charge is -2.72. The second kappa shape index (κ2) is 7.97. The molecule has 0 aromatic carbocycles. The van der Waals surface area contributed by atoms with Crippen LogP contribution in [0, 0.1) is 39.4 Å². The summed E-state index contributed by atoms with van der Waals surface area (Å²) in [5.74, 6) is -4.49. The van der Waals surface area contributed by atoms with E-state index in [4.69, 9.17) is 13.9 Å². The molecule has 38 heavy (non-hydrogen) atoms. The van der Waals surface area contributed by atoms with Crippen LogP contribution in [-0.4, -0.2) is 75.3 Å². The number of furan rings is 1. The summed E-state index contributed by atoms with van der Waals surface area (Å²) in [5, 5.41) is 46.4. The third kappa shape index (κ3) is 2.78. The maximum absolute atomic E-state index is 14.4. The fraction of sp³-hybridized carbons (Fsp3) is 0.750. The minimum Gasteiger partial charge on any atom is -0.472 e. The van der Waals surface area contributed by atoms with Crippen molar-refractivity contribution in [2.45, 2.75) is 83.6 Å². The van der Waals surface area contributed by atoms with Crippen molar-refractivity contribution >= 4 is 17.5 Å². The molecule has 4 N–H and O–H groups in total. The van der Waals surface area contributed by atoms with E-state index in [0.717, 1.165) is 0 Å². The van der Waals surface area contributed by atoms with Crippen LogP contribution in [0.2, 0.25) is 0 Å². The minimum absolute atomic E-state index is 0.0490. The van der Waals surface area contributed by atoms with Crippen LogP contribution in [0.4, 0.5) is 0 Å². The Balaban J connectivity index is 1.53. The summed E-state index contributed by atoms with van der Waals surface area (Å²) in [6, 6.07) is 1.73. The SMILES string of the molecule is CC(=O)O[C@@H]1C[C@H](O)[C@@]23CO[C@@H](O)[C@]1(C)[C@@H]2C[C@@H](O)[C@@]1(C)[C@@H]2C(=O)C[C@@H](c4ccoc4)[C@]2(C)[C@@H](O)C(=O)[C@@H]13. The van der Waals surface area contributed by atoms with E-state index in [1.807, 2.05) is 0 Å². The molecule has 0 radical (unpaired) electrons. The van der Waals surface area contributed by atoms with E-state index in [0.29, 0.717) is 5.56 Å². The van der Waals surface area contributed by atoms with Crippen molar-refractivity contribution in [3.63, 3.8) is 0 Å². The van der Waals surface area contributed by atoms with Gasteiger partial charge in [0, 0.05) is 53.8 Å². The Hall–Kier alpha value is -2.11. The minimum atomic E-state index is -1.55. The predicted molar refractivity (Wildman–Crippen MR) is 128 cm³/mol. The molecule has 4 aliphatic carbocycles. The summed E-state index contributed by atoms with van der Waals surface area (Å²) >= 11 is 0. The van der Waals surface area contributed by atoms with Crippen LogP contribution in [0.25, 0.3) is 0 Å². The topological polar surface area (TPSA) is 164 Å². The van der Waals surface area contributed by atoms with E-state index >= 15 is 0 Å². The first kappa shape index (κ1) is 26.1. The van der Waals surface area contributed by atoms with Crippen LogP contribution < -0.4 is 0 Å². The Morgan fingerprint density at radius 3 is 2.34 bits per heavy atom. The zero-order chi connectivity index (χ0) is 27.6. The average Bonchev–Trinajstić information content (AvgIpc) is 3.46. The monoisotopic (exact) mass is 532 g/mol. The normalized spacial score (nSPS) is 53.6. The number of rotatable bonds is 2. The fourth-order valence-electron chi connectivity index (χ4n) is 10.0. The molecule has 6 rings (SSSR count). The number of carbonyl (C=O) groups is 3. The van der Waals surface area contributed by atoms with Gasteiger partial charge >= 0.3 is 5.97 Å². The average molecular weight is 533 g/mol. The molecule has 5 fully saturated rings. The van der Waals surface area contributed by atoms with Gasteiger partial charge in [0.15, 0.2) is 12.1 Å². The molecule has 208 valence electrons. The first-order valence-electron chi connectivity index (χ1n) is 13.4. The standard InChI is InChI=1S/C28H36O10/c1-12(29)38-19-9-18(32)28-11-37-24(35)26(19,3)16(28)8-17(31)27(4)21-15(30)7-14(13-5-6-36-10-13)25(21,2)23(34)20(33)22(27)28/h5-6,10,14,16-19,21-24,31-32,34-35H,7-9,11H2,1-4H3/t14-,16-,17+,18-,19+,21+,22-,23-,24+,25-,26+,27-,28+/m0/s1. The zero-order valence-corrected chi connectivity index (χ0v) is 22.0. The van der Waals surface area contributed by atoms with Gasteiger partial charge in [0.2, 0.25) is 0 Å². The molecule has 0 amide bonds. The molecule has 0 unspecified atom stereocenters. The number of Topliss-reactive ketones (excluding diaryl/α,β-unsaturated/α-hetero) is 2. The fourth-order valence-corrected chi connectivity index (χ4v) is 10.0. The van der Waals surface area contributed by atoms with Gasteiger partial charge in [0.25, 0.3) is 0 Å². The van der Waals surface area contributed by atoms with Crippen molar-refractivity contribution in [3.8, 4) is 0 Å². The highest BCUT2D eigenvalue weighted by atomic mass is 16.6. The Morgan fingerprint density at radius 1 is 1.00 bits per heavy atom. The second-order valence-electron chi connectivity index (χ2n) is 13.0. The molecule has 13 atom stereocenters. The highest BCUT2D eigenvalue weighted by Gasteiger charge is 2.81. The van der Waals surface area contributed by atoms with Crippen molar-refractivity contribution in [2.75, 3.05) is 6.61 Å². The molecule has 0 spiro atoms. The molecule has 2 bridgehead atoms. The highest BCUT2D eigenvalue weighted by Crippen LogP contribution is 2.75. The number of ether oxygens (including phenoxy) is 2. The number of aliphatic hydroxyl groups excluding tert-OH is 4. The zero-order valence-electron chi connectivity index (χ0n) is 22.0. The largest absolute Gasteiger partial charge is 0.472 e. The van der Waals surface area contributed by atoms with Gasteiger partial charge in [-0.1, -0.05) is 20.8 Å². The number of esters is 1. The number of carbonyl (C=O) groups excluding carboxylic acids is 3. The number of hydrogen-bond donors (Lipinski definition) is 4. The molecule has 1 aromatic heterocycles. The third-order valence-corrected chi connectivity index (χ3v) is 11.6. The van der Waals surface area contributed by atoms with E-state index in [1.165, 1.54) is 19.5 Å². The van der Waals surface area contributed by atoms with Crippen LogP contribution in [0.15, 0.2) is 23.0 Å². The molecular weight excluding hydrogens is 496 g/mol. The molecule has 10 heteroatoms. The Kier molecular flexibility index (Phi) is 5.48. The lowest BCUT2D eigenvalue weighted by Crippen LogP contribution is -2.80. The second-order valence-corrected chi connectivity index (χ2v) is 13.0. The van der Waals surface area contributed by atoms with Gasteiger partial charge in [0.1, 0.15) is 18.0 Å². The Labute approximate surface area is 220 Å². The van der Waals surface area contributed by atoms with Crippen LogP contribution in [0.3, 0.4) is 0 Å². The van der Waals surface area contributed by atoms with Gasteiger partial charge in [-0.3, -0.25) is 14.4 Å². The van der Waals surface area contributed by atoms with Crippen LogP contribution in [-0.2, 0) is 23.9 Å². The van der Waals surface area contributed by atoms with Crippen LogP contribution in [0.1, 0.15) is 58.4 Å². The Morgan fingerprint density at radius 2 is 1.71 bits per heavy atom. The lowest BCUT2D eigenvalue weighted by molar-refractivity contribution is -0.371. The number of hydrogen-bond acceptors (Lipinski definition) is 10. The highest BCUT2D eigenvalue weighted by molar-refractivity contribution is 5.96. The lowest BCUT2D eigenvalue weighted by atomic mass is 9.33. The summed E-state index contributed by atoms with van der Waals surface area (Å²) in [7, 11) is 0. The summed E-state index contributed by atoms with van der Waals surface area (Å²) in [6.07, 6.45) is -3.14. The number of fused-ring (bicyclic) bond motifs is 3. The van der Waals surface area contributed by atoms with Gasteiger partial charge < -0.3 is 34.3 Å². The van der Waals surface area contributed by atoms with E-state index in [9.17, 15) is 34.8 Å². The third-order valence-electron chi connectivity index (χ3n) is 11.6. The van der Waals surface area contributed by atoms with Crippen molar-refractivity contribution in [2.24, 2.45) is 39.4 Å². The summed E-state index contributed by atoms with van der Waals surface area (Å²) < 4.78 is 16.7. The molecule has 1 aliphatic heterocycles. The van der Waals surface area contributed by atoms with Crippen molar-refractivity contribution in [3.05, 3.63) is 24.2 Å². The number of ketones is 2. The molecule has 1 aromatic rings. The number of aliphatic hydroxyl groups is 4. The molecule has 2 heterocycles. The summed E-state index contributed by atoms with van der Waals surface area (Å²) in [5.41, 5.74) is -4.37. The van der Waals surface area contributed by atoms with Gasteiger partial charge in [-0.25, -0.2) is 0 Å². The van der Waals surface area contributed by atoms with Crippen molar-refractivity contribution < 1.29 is 48.7 Å². The molecule has 10 nitrogen and oxygen atoms in total. The van der Waals surface area contributed by atoms with E-state index in [1.54, 1.807) is 26.8 Å². The summed E-state index contributed by atoms with van der Waals surface area (Å²) in [6.45, 7) is 6.19. The van der Waals surface area contributed by atoms with Crippen LogP contribution >= 0.6 is 0 Å². The summed E-state index contributed by atoms with van der Waals surface area (Å²) in [4.78, 5) is 40.2. The molecular formula is C28H36O10.